The molecule has 3 heterocycles. The number of rotatable bonds is 0. The highest BCUT2D eigenvalue weighted by Crippen LogP contribution is 2.37. The average Bonchev–Trinajstić information content (AvgIpc) is 3.10. The predicted molar refractivity (Wildman–Crippen MR) is 78.6 cm³/mol. The first-order chi connectivity index (χ1) is 9.92. The van der Waals surface area contributed by atoms with E-state index in [1.807, 2.05) is 34.5 Å². The monoisotopic (exact) mass is 279 g/mol. The molecule has 1 aliphatic rings. The lowest BCUT2D eigenvalue weighted by Gasteiger charge is -2.18. The SMILES string of the molecule is c1ccc2c(c1)COc1c3ccc4ncsc4c3nn1-2. The molecule has 0 saturated heterocycles. The van der Waals surface area contributed by atoms with Crippen LogP contribution in [0.4, 0.5) is 0 Å². The maximum Gasteiger partial charge on any atom is 0.225 e. The van der Waals surface area contributed by atoms with Gasteiger partial charge in [-0.3, -0.25) is 0 Å². The molecule has 20 heavy (non-hydrogen) atoms. The minimum atomic E-state index is 0.595. The Bertz CT molecular complexity index is 970. The molecule has 0 aliphatic carbocycles. The van der Waals surface area contributed by atoms with Crippen molar-refractivity contribution in [3.63, 3.8) is 0 Å². The third kappa shape index (κ3) is 1.20. The number of benzene rings is 2. The van der Waals surface area contributed by atoms with Crippen molar-refractivity contribution >= 4 is 32.5 Å². The van der Waals surface area contributed by atoms with E-state index in [-0.39, 0.29) is 0 Å². The maximum absolute atomic E-state index is 5.91. The van der Waals surface area contributed by atoms with E-state index in [0.29, 0.717) is 6.61 Å². The lowest BCUT2D eigenvalue weighted by Crippen LogP contribution is -2.12. The van der Waals surface area contributed by atoms with Gasteiger partial charge in [0.2, 0.25) is 5.88 Å². The molecule has 4 aromatic rings. The Kier molecular flexibility index (Phi) is 1.86. The summed E-state index contributed by atoms with van der Waals surface area (Å²) < 4.78 is 8.93. The van der Waals surface area contributed by atoms with Crippen molar-refractivity contribution in [2.24, 2.45) is 0 Å². The van der Waals surface area contributed by atoms with E-state index in [1.54, 1.807) is 11.3 Å². The first kappa shape index (κ1) is 10.4. The number of hydrogen-bond acceptors (Lipinski definition) is 4. The first-order valence-electron chi connectivity index (χ1n) is 6.38. The summed E-state index contributed by atoms with van der Waals surface area (Å²) in [6.07, 6.45) is 0. The third-order valence-electron chi connectivity index (χ3n) is 3.68. The van der Waals surface area contributed by atoms with E-state index in [0.717, 1.165) is 38.3 Å². The average molecular weight is 279 g/mol. The van der Waals surface area contributed by atoms with Crippen molar-refractivity contribution in [1.29, 1.82) is 0 Å². The predicted octanol–water partition coefficient (Wildman–Crippen LogP) is 3.53. The van der Waals surface area contributed by atoms with Gasteiger partial charge in [-0.2, -0.15) is 9.78 Å². The van der Waals surface area contributed by atoms with E-state index in [4.69, 9.17) is 9.84 Å². The second-order valence-electron chi connectivity index (χ2n) is 4.80. The molecular weight excluding hydrogens is 270 g/mol. The van der Waals surface area contributed by atoms with Crippen LogP contribution in [0.5, 0.6) is 5.88 Å². The maximum atomic E-state index is 5.91. The Morgan fingerprint density at radius 2 is 2.10 bits per heavy atom. The van der Waals surface area contributed by atoms with Gasteiger partial charge in [0, 0.05) is 5.56 Å². The van der Waals surface area contributed by atoms with Gasteiger partial charge in [-0.1, -0.05) is 18.2 Å². The molecule has 0 fully saturated rings. The number of thiazole rings is 1. The van der Waals surface area contributed by atoms with Crippen LogP contribution >= 0.6 is 11.3 Å². The van der Waals surface area contributed by atoms with Crippen LogP contribution in [0.25, 0.3) is 26.8 Å². The second-order valence-corrected chi connectivity index (χ2v) is 5.65. The summed E-state index contributed by atoms with van der Waals surface area (Å²) >= 11 is 1.62. The summed E-state index contributed by atoms with van der Waals surface area (Å²) in [5.41, 5.74) is 6.08. The highest BCUT2D eigenvalue weighted by atomic mass is 32.1. The zero-order valence-corrected chi connectivity index (χ0v) is 11.2. The topological polar surface area (TPSA) is 39.9 Å². The fourth-order valence-electron chi connectivity index (χ4n) is 2.73. The molecule has 0 amide bonds. The van der Waals surface area contributed by atoms with Crippen LogP contribution < -0.4 is 4.74 Å². The molecule has 0 bridgehead atoms. The van der Waals surface area contributed by atoms with Gasteiger partial charge in [0.25, 0.3) is 0 Å². The Morgan fingerprint density at radius 1 is 1.15 bits per heavy atom. The van der Waals surface area contributed by atoms with Gasteiger partial charge >= 0.3 is 0 Å². The van der Waals surface area contributed by atoms with Crippen LogP contribution in [-0.4, -0.2) is 14.8 Å². The minimum Gasteiger partial charge on any atom is -0.472 e. The van der Waals surface area contributed by atoms with Gasteiger partial charge in [0.15, 0.2) is 0 Å². The molecule has 0 saturated carbocycles. The molecule has 2 aromatic carbocycles. The molecule has 0 unspecified atom stereocenters. The smallest absolute Gasteiger partial charge is 0.225 e. The van der Waals surface area contributed by atoms with Gasteiger partial charge in [-0.15, -0.1) is 11.3 Å². The van der Waals surface area contributed by atoms with E-state index in [9.17, 15) is 0 Å². The van der Waals surface area contributed by atoms with Gasteiger partial charge < -0.3 is 4.74 Å². The quantitative estimate of drug-likeness (QED) is 0.494. The van der Waals surface area contributed by atoms with E-state index < -0.39 is 0 Å². The Labute approximate surface area is 118 Å². The number of aromatic nitrogens is 3. The minimum absolute atomic E-state index is 0.595. The van der Waals surface area contributed by atoms with Crippen molar-refractivity contribution in [3.05, 3.63) is 47.5 Å². The lowest BCUT2D eigenvalue weighted by atomic mass is 10.1. The molecule has 5 rings (SSSR count). The highest BCUT2D eigenvalue weighted by molar-refractivity contribution is 7.17. The van der Waals surface area contributed by atoms with Crippen molar-refractivity contribution in [2.75, 3.05) is 0 Å². The standard InChI is InChI=1S/C15H9N3OS/c1-2-4-12-9(3-1)7-19-15-10-5-6-11-14(20-8-16-11)13(10)17-18(12)15/h1-6,8H,7H2. The Morgan fingerprint density at radius 3 is 3.10 bits per heavy atom. The molecule has 0 N–H and O–H groups in total. The number of para-hydroxylation sites is 1. The van der Waals surface area contributed by atoms with Crippen LogP contribution in [0.3, 0.4) is 0 Å². The first-order valence-corrected chi connectivity index (χ1v) is 7.26. The van der Waals surface area contributed by atoms with Crippen LogP contribution in [0.15, 0.2) is 41.9 Å². The molecule has 0 radical (unpaired) electrons. The molecule has 4 nitrogen and oxygen atoms in total. The van der Waals surface area contributed by atoms with E-state index in [2.05, 4.69) is 17.1 Å². The molecule has 2 aromatic heterocycles. The summed E-state index contributed by atoms with van der Waals surface area (Å²) in [6.45, 7) is 0.595. The van der Waals surface area contributed by atoms with Crippen molar-refractivity contribution in [2.45, 2.75) is 6.61 Å². The Balaban J connectivity index is 1.94. The summed E-state index contributed by atoms with van der Waals surface area (Å²) in [6, 6.07) is 12.3. The van der Waals surface area contributed by atoms with Gasteiger partial charge in [0.1, 0.15) is 12.1 Å². The highest BCUT2D eigenvalue weighted by Gasteiger charge is 2.22. The Hall–Kier alpha value is -2.40. The summed E-state index contributed by atoms with van der Waals surface area (Å²) in [5.74, 6) is 0.828. The number of ether oxygens (including phenoxy) is 1. The number of hydrogen-bond donors (Lipinski definition) is 0. The zero-order valence-electron chi connectivity index (χ0n) is 10.4. The van der Waals surface area contributed by atoms with E-state index in [1.165, 1.54) is 0 Å². The number of nitrogens with zero attached hydrogens (tertiary/aromatic N) is 3. The van der Waals surface area contributed by atoms with Crippen LogP contribution in [-0.2, 0) is 6.61 Å². The van der Waals surface area contributed by atoms with Gasteiger partial charge in [-0.05, 0) is 18.2 Å². The number of fused-ring (bicyclic) bond motifs is 7. The molecular formula is C15H9N3OS. The van der Waals surface area contributed by atoms with E-state index >= 15 is 0 Å². The van der Waals surface area contributed by atoms with Crippen LogP contribution in [0, 0.1) is 0 Å². The molecule has 0 atom stereocenters. The second kappa shape index (κ2) is 3.58. The van der Waals surface area contributed by atoms with Gasteiger partial charge in [-0.25, -0.2) is 4.98 Å². The van der Waals surface area contributed by atoms with Crippen molar-refractivity contribution in [3.8, 4) is 11.6 Å². The third-order valence-corrected chi connectivity index (χ3v) is 4.53. The van der Waals surface area contributed by atoms with Crippen LogP contribution in [0.2, 0.25) is 0 Å². The largest absolute Gasteiger partial charge is 0.472 e. The summed E-state index contributed by atoms with van der Waals surface area (Å²) in [5, 5.41) is 5.81. The molecule has 5 heteroatoms. The van der Waals surface area contributed by atoms with Crippen molar-refractivity contribution < 1.29 is 4.74 Å². The molecule has 1 aliphatic heterocycles. The zero-order chi connectivity index (χ0) is 13.1. The molecule has 96 valence electrons. The summed E-state index contributed by atoms with van der Waals surface area (Å²) in [7, 11) is 0. The lowest BCUT2D eigenvalue weighted by molar-refractivity contribution is 0.274. The van der Waals surface area contributed by atoms with Crippen molar-refractivity contribution in [1.82, 2.24) is 14.8 Å². The fourth-order valence-corrected chi connectivity index (χ4v) is 3.51. The molecule has 0 spiro atoms. The van der Waals surface area contributed by atoms with Gasteiger partial charge in [0.05, 0.1) is 26.8 Å². The van der Waals surface area contributed by atoms with Crippen LogP contribution in [0.1, 0.15) is 5.56 Å². The summed E-state index contributed by atoms with van der Waals surface area (Å²) in [4.78, 5) is 4.35. The normalized spacial score (nSPS) is 13.2. The fraction of sp³-hybridized carbons (Fsp3) is 0.0667.